The Morgan fingerprint density at radius 1 is 1.42 bits per heavy atom. The van der Waals surface area contributed by atoms with Crippen LogP contribution < -0.4 is 5.32 Å². The summed E-state index contributed by atoms with van der Waals surface area (Å²) in [5, 5.41) is 3.21. The van der Waals surface area contributed by atoms with Gasteiger partial charge in [-0.25, -0.2) is 0 Å². The van der Waals surface area contributed by atoms with Crippen molar-refractivity contribution in [2.75, 3.05) is 13.2 Å². The minimum atomic E-state index is -0.285. The van der Waals surface area contributed by atoms with E-state index in [1.165, 1.54) is 0 Å². The summed E-state index contributed by atoms with van der Waals surface area (Å²) in [6, 6.07) is 9.66. The summed E-state index contributed by atoms with van der Waals surface area (Å²) in [6.07, 6.45) is 3.32. The molecule has 0 amide bonds. The van der Waals surface area contributed by atoms with Gasteiger partial charge in [-0.3, -0.25) is 4.79 Å². The van der Waals surface area contributed by atoms with E-state index >= 15 is 0 Å². The van der Waals surface area contributed by atoms with Gasteiger partial charge in [0, 0.05) is 0 Å². The van der Waals surface area contributed by atoms with E-state index in [1.54, 1.807) is 0 Å². The summed E-state index contributed by atoms with van der Waals surface area (Å²) in [6.45, 7) is 6.63. The minimum absolute atomic E-state index is 0. The van der Waals surface area contributed by atoms with Crippen molar-refractivity contribution < 1.29 is 9.53 Å². The van der Waals surface area contributed by atoms with Gasteiger partial charge in [0.05, 0.1) is 6.61 Å². The molecule has 106 valence electrons. The van der Waals surface area contributed by atoms with Crippen LogP contribution in [0, 0.1) is 0 Å². The van der Waals surface area contributed by atoms with Crippen LogP contribution in [0.2, 0.25) is 0 Å². The van der Waals surface area contributed by atoms with Crippen LogP contribution in [0.15, 0.2) is 43.0 Å². The van der Waals surface area contributed by atoms with Crippen LogP contribution in [-0.4, -0.2) is 25.2 Å². The fraction of sp³-hybridized carbons (Fsp3) is 0.400. The number of ether oxygens (including phenoxy) is 1. The van der Waals surface area contributed by atoms with Crippen LogP contribution in [0.5, 0.6) is 0 Å². The van der Waals surface area contributed by atoms with Crippen molar-refractivity contribution in [3.8, 4) is 0 Å². The van der Waals surface area contributed by atoms with Gasteiger partial charge in [-0.15, -0.1) is 19.0 Å². The monoisotopic (exact) mass is 283 g/mol. The molecule has 0 fully saturated rings. The zero-order chi connectivity index (χ0) is 13.2. The molecule has 0 heterocycles. The second kappa shape index (κ2) is 10.6. The third-order valence-corrected chi connectivity index (χ3v) is 2.59. The van der Waals surface area contributed by atoms with Gasteiger partial charge in [0.1, 0.15) is 6.04 Å². The van der Waals surface area contributed by atoms with Crippen molar-refractivity contribution in [3.63, 3.8) is 0 Å². The lowest BCUT2D eigenvalue weighted by molar-refractivity contribution is -0.145. The number of halogens is 1. The van der Waals surface area contributed by atoms with Crippen LogP contribution in [0.4, 0.5) is 0 Å². The number of rotatable bonds is 8. The van der Waals surface area contributed by atoms with E-state index in [1.807, 2.05) is 43.3 Å². The first-order chi connectivity index (χ1) is 8.77. The van der Waals surface area contributed by atoms with Crippen LogP contribution in [0.3, 0.4) is 0 Å². The Morgan fingerprint density at radius 3 is 2.68 bits per heavy atom. The van der Waals surface area contributed by atoms with Crippen LogP contribution in [0.1, 0.15) is 18.9 Å². The maximum atomic E-state index is 11.8. The lowest BCUT2D eigenvalue weighted by atomic mass is 10.1. The van der Waals surface area contributed by atoms with E-state index in [0.717, 1.165) is 18.5 Å². The Kier molecular flexibility index (Phi) is 9.85. The molecule has 4 heteroatoms. The van der Waals surface area contributed by atoms with Crippen LogP contribution in [0.25, 0.3) is 0 Å². The van der Waals surface area contributed by atoms with Gasteiger partial charge in [0.25, 0.3) is 0 Å². The molecule has 0 saturated carbocycles. The predicted molar refractivity (Wildman–Crippen MR) is 80.6 cm³/mol. The number of benzene rings is 1. The Labute approximate surface area is 121 Å². The van der Waals surface area contributed by atoms with Gasteiger partial charge in [-0.05, 0) is 31.9 Å². The molecule has 0 aliphatic rings. The van der Waals surface area contributed by atoms with E-state index in [-0.39, 0.29) is 24.4 Å². The first-order valence-corrected chi connectivity index (χ1v) is 6.32. The van der Waals surface area contributed by atoms with E-state index in [2.05, 4.69) is 11.9 Å². The number of carbonyl (C=O) groups excluding carboxylic acids is 1. The SMILES string of the molecule is C=CCCN[C@@H](Cc1ccccc1)C(=O)OCC.Cl. The maximum absolute atomic E-state index is 11.8. The van der Waals surface area contributed by atoms with Gasteiger partial charge in [0.15, 0.2) is 0 Å². The molecule has 3 nitrogen and oxygen atoms in total. The Bertz CT molecular complexity index is 368. The lowest BCUT2D eigenvalue weighted by Gasteiger charge is -2.17. The molecule has 0 spiro atoms. The molecule has 19 heavy (non-hydrogen) atoms. The predicted octanol–water partition coefficient (Wildman–Crippen LogP) is 2.75. The van der Waals surface area contributed by atoms with Gasteiger partial charge in [-0.2, -0.15) is 0 Å². The molecule has 0 bridgehead atoms. The second-order valence-electron chi connectivity index (χ2n) is 4.03. The topological polar surface area (TPSA) is 38.3 Å². The molecule has 1 N–H and O–H groups in total. The van der Waals surface area contributed by atoms with Crippen molar-refractivity contribution in [1.82, 2.24) is 5.32 Å². The molecule has 1 aromatic rings. The number of carbonyl (C=O) groups is 1. The summed E-state index contributed by atoms with van der Waals surface area (Å²) >= 11 is 0. The highest BCUT2D eigenvalue weighted by atomic mass is 35.5. The molecule has 1 aromatic carbocycles. The molecule has 1 atom stereocenters. The molecular formula is C15H22ClNO2. The first kappa shape index (κ1) is 17.7. The zero-order valence-corrected chi connectivity index (χ0v) is 12.1. The van der Waals surface area contributed by atoms with E-state index in [0.29, 0.717) is 13.0 Å². The second-order valence-corrected chi connectivity index (χ2v) is 4.03. The summed E-state index contributed by atoms with van der Waals surface area (Å²) < 4.78 is 5.08. The van der Waals surface area contributed by atoms with Crippen molar-refractivity contribution in [2.45, 2.75) is 25.8 Å². The largest absolute Gasteiger partial charge is 0.465 e. The average Bonchev–Trinajstić information content (AvgIpc) is 2.39. The normalized spacial score (nSPS) is 11.2. The summed E-state index contributed by atoms with van der Waals surface area (Å²) in [5.74, 6) is -0.189. The number of nitrogens with one attached hydrogen (secondary N) is 1. The highest BCUT2D eigenvalue weighted by molar-refractivity contribution is 5.85. The van der Waals surface area contributed by atoms with Gasteiger partial charge in [0.2, 0.25) is 0 Å². The summed E-state index contributed by atoms with van der Waals surface area (Å²) in [7, 11) is 0. The van der Waals surface area contributed by atoms with Crippen molar-refractivity contribution >= 4 is 18.4 Å². The Hall–Kier alpha value is -1.32. The third-order valence-electron chi connectivity index (χ3n) is 2.59. The molecule has 0 aromatic heterocycles. The lowest BCUT2D eigenvalue weighted by Crippen LogP contribution is -2.40. The average molecular weight is 284 g/mol. The summed E-state index contributed by atoms with van der Waals surface area (Å²) in [5.41, 5.74) is 1.13. The van der Waals surface area contributed by atoms with Gasteiger partial charge in [-0.1, -0.05) is 36.4 Å². The molecule has 0 saturated heterocycles. The minimum Gasteiger partial charge on any atom is -0.465 e. The van der Waals surface area contributed by atoms with E-state index < -0.39 is 0 Å². The van der Waals surface area contributed by atoms with E-state index in [4.69, 9.17) is 4.74 Å². The van der Waals surface area contributed by atoms with Crippen molar-refractivity contribution in [3.05, 3.63) is 48.6 Å². The Balaban J connectivity index is 0.00000324. The summed E-state index contributed by atoms with van der Waals surface area (Å²) in [4.78, 5) is 11.8. The fourth-order valence-corrected chi connectivity index (χ4v) is 1.69. The third kappa shape index (κ3) is 6.99. The molecule has 0 aliphatic heterocycles. The van der Waals surface area contributed by atoms with Crippen LogP contribution in [-0.2, 0) is 16.0 Å². The molecule has 0 radical (unpaired) electrons. The van der Waals surface area contributed by atoms with Gasteiger partial charge < -0.3 is 10.1 Å². The van der Waals surface area contributed by atoms with Crippen molar-refractivity contribution in [2.24, 2.45) is 0 Å². The standard InChI is InChI=1S/C15H21NO2.ClH/c1-3-5-11-16-14(15(17)18-4-2)12-13-9-7-6-8-10-13;/h3,6-10,14,16H,1,4-5,11-12H2,2H3;1H/t14-;/m0./s1. The quantitative estimate of drug-likeness (QED) is 0.453. The highest BCUT2D eigenvalue weighted by Crippen LogP contribution is 2.05. The van der Waals surface area contributed by atoms with E-state index in [9.17, 15) is 4.79 Å². The number of hydrogen-bond donors (Lipinski definition) is 1. The highest BCUT2D eigenvalue weighted by Gasteiger charge is 2.18. The zero-order valence-electron chi connectivity index (χ0n) is 11.3. The number of esters is 1. The molecule has 1 rings (SSSR count). The Morgan fingerprint density at radius 2 is 2.11 bits per heavy atom. The maximum Gasteiger partial charge on any atom is 0.323 e. The smallest absolute Gasteiger partial charge is 0.323 e. The molecular weight excluding hydrogens is 262 g/mol. The fourth-order valence-electron chi connectivity index (χ4n) is 1.69. The first-order valence-electron chi connectivity index (χ1n) is 6.32. The number of hydrogen-bond acceptors (Lipinski definition) is 3. The van der Waals surface area contributed by atoms with Gasteiger partial charge >= 0.3 is 5.97 Å². The molecule has 0 aliphatic carbocycles. The molecule has 0 unspecified atom stereocenters. The van der Waals surface area contributed by atoms with Crippen LogP contribution >= 0.6 is 12.4 Å². The van der Waals surface area contributed by atoms with Crippen molar-refractivity contribution in [1.29, 1.82) is 0 Å².